The summed E-state index contributed by atoms with van der Waals surface area (Å²) in [6.07, 6.45) is 6.76. The number of piperidine rings is 1. The second kappa shape index (κ2) is 6.28. The van der Waals surface area contributed by atoms with Gasteiger partial charge in [0.1, 0.15) is 0 Å². The number of nitrogens with zero attached hydrogens (tertiary/aromatic N) is 1. The van der Waals surface area contributed by atoms with Crippen LogP contribution in [-0.2, 0) is 0 Å². The highest BCUT2D eigenvalue weighted by atomic mass is 15.2. The molecule has 0 saturated carbocycles. The Labute approximate surface area is 123 Å². The zero-order valence-electron chi connectivity index (χ0n) is 12.9. The van der Waals surface area contributed by atoms with E-state index in [0.29, 0.717) is 6.04 Å². The molecule has 2 heterocycles. The SMILES string of the molecule is CCCNC(c1ccccc1)C1CC2CCC(C1)N2C. The van der Waals surface area contributed by atoms with Crippen LogP contribution in [0, 0.1) is 5.92 Å². The third-order valence-electron chi connectivity index (χ3n) is 5.38. The van der Waals surface area contributed by atoms with E-state index in [1.807, 2.05) is 0 Å². The molecule has 0 radical (unpaired) electrons. The number of nitrogens with one attached hydrogen (secondary N) is 1. The van der Waals surface area contributed by atoms with Gasteiger partial charge in [-0.15, -0.1) is 0 Å². The summed E-state index contributed by atoms with van der Waals surface area (Å²) in [5, 5.41) is 3.82. The van der Waals surface area contributed by atoms with E-state index in [-0.39, 0.29) is 0 Å². The molecule has 0 spiro atoms. The van der Waals surface area contributed by atoms with Crippen molar-refractivity contribution >= 4 is 0 Å². The van der Waals surface area contributed by atoms with E-state index in [1.54, 1.807) is 0 Å². The minimum Gasteiger partial charge on any atom is -0.310 e. The quantitative estimate of drug-likeness (QED) is 0.881. The average Bonchev–Trinajstić information content (AvgIpc) is 2.70. The maximum Gasteiger partial charge on any atom is 0.0349 e. The van der Waals surface area contributed by atoms with Crippen molar-refractivity contribution in [2.75, 3.05) is 13.6 Å². The highest BCUT2D eigenvalue weighted by Crippen LogP contribution is 2.42. The molecule has 2 heteroatoms. The Morgan fingerprint density at radius 1 is 1.15 bits per heavy atom. The van der Waals surface area contributed by atoms with Crippen LogP contribution in [0.2, 0.25) is 0 Å². The third-order valence-corrected chi connectivity index (χ3v) is 5.38. The average molecular weight is 272 g/mol. The first-order valence-electron chi connectivity index (χ1n) is 8.30. The van der Waals surface area contributed by atoms with E-state index in [2.05, 4.69) is 54.5 Å². The summed E-state index contributed by atoms with van der Waals surface area (Å²) in [5.41, 5.74) is 1.48. The van der Waals surface area contributed by atoms with E-state index in [0.717, 1.165) is 24.5 Å². The Morgan fingerprint density at radius 3 is 2.40 bits per heavy atom. The Morgan fingerprint density at radius 2 is 1.80 bits per heavy atom. The lowest BCUT2D eigenvalue weighted by Gasteiger charge is -2.40. The molecular formula is C18H28N2. The summed E-state index contributed by atoms with van der Waals surface area (Å²) in [5.74, 6) is 0.803. The Balaban J connectivity index is 1.76. The monoisotopic (exact) mass is 272 g/mol. The zero-order valence-corrected chi connectivity index (χ0v) is 12.9. The van der Waals surface area contributed by atoms with Crippen molar-refractivity contribution in [2.45, 2.75) is 57.2 Å². The molecule has 1 N–H and O–H groups in total. The first kappa shape index (κ1) is 14.1. The summed E-state index contributed by atoms with van der Waals surface area (Å²) in [6.45, 7) is 3.38. The molecule has 0 aliphatic carbocycles. The summed E-state index contributed by atoms with van der Waals surface area (Å²) in [4.78, 5) is 2.64. The van der Waals surface area contributed by atoms with Gasteiger partial charge in [0.05, 0.1) is 0 Å². The van der Waals surface area contributed by atoms with Gasteiger partial charge in [0, 0.05) is 18.1 Å². The fourth-order valence-corrected chi connectivity index (χ4v) is 4.24. The third kappa shape index (κ3) is 2.77. The number of fused-ring (bicyclic) bond motifs is 2. The van der Waals surface area contributed by atoms with Crippen LogP contribution in [0.15, 0.2) is 30.3 Å². The van der Waals surface area contributed by atoms with E-state index in [1.165, 1.54) is 37.7 Å². The molecule has 3 unspecified atom stereocenters. The fourth-order valence-electron chi connectivity index (χ4n) is 4.24. The maximum atomic E-state index is 3.82. The standard InChI is InChI=1S/C18H28N2/c1-3-11-19-18(14-7-5-4-6-8-14)15-12-16-9-10-17(13-15)20(16)2/h4-8,15-19H,3,9-13H2,1-2H3. The number of hydrogen-bond acceptors (Lipinski definition) is 2. The smallest absolute Gasteiger partial charge is 0.0349 e. The Kier molecular flexibility index (Phi) is 4.42. The molecule has 2 nitrogen and oxygen atoms in total. The molecule has 20 heavy (non-hydrogen) atoms. The van der Waals surface area contributed by atoms with Crippen molar-refractivity contribution in [3.05, 3.63) is 35.9 Å². The predicted octanol–water partition coefficient (Wildman–Crippen LogP) is 3.60. The molecule has 2 saturated heterocycles. The highest BCUT2D eigenvalue weighted by molar-refractivity contribution is 5.20. The van der Waals surface area contributed by atoms with Crippen molar-refractivity contribution < 1.29 is 0 Å². The van der Waals surface area contributed by atoms with Crippen LogP contribution in [-0.4, -0.2) is 30.6 Å². The number of benzene rings is 1. The number of rotatable bonds is 5. The van der Waals surface area contributed by atoms with Gasteiger partial charge in [-0.3, -0.25) is 0 Å². The van der Waals surface area contributed by atoms with Gasteiger partial charge in [0.25, 0.3) is 0 Å². The van der Waals surface area contributed by atoms with Gasteiger partial charge < -0.3 is 10.2 Å². The lowest BCUT2D eigenvalue weighted by Crippen LogP contribution is -2.43. The van der Waals surface area contributed by atoms with E-state index >= 15 is 0 Å². The van der Waals surface area contributed by atoms with Gasteiger partial charge in [-0.05, 0) is 57.2 Å². The van der Waals surface area contributed by atoms with Gasteiger partial charge in [-0.2, -0.15) is 0 Å². The van der Waals surface area contributed by atoms with Crippen molar-refractivity contribution in [1.82, 2.24) is 10.2 Å². The lowest BCUT2D eigenvalue weighted by molar-refractivity contribution is 0.112. The van der Waals surface area contributed by atoms with E-state index in [4.69, 9.17) is 0 Å². The highest BCUT2D eigenvalue weighted by Gasteiger charge is 2.41. The van der Waals surface area contributed by atoms with Crippen molar-refractivity contribution in [1.29, 1.82) is 0 Å². The Bertz CT molecular complexity index is 403. The minimum atomic E-state index is 0.549. The van der Waals surface area contributed by atoms with Crippen LogP contribution in [0.3, 0.4) is 0 Å². The van der Waals surface area contributed by atoms with Gasteiger partial charge in [-0.1, -0.05) is 37.3 Å². The molecule has 2 fully saturated rings. The maximum absolute atomic E-state index is 3.82. The second-order valence-electron chi connectivity index (χ2n) is 6.62. The summed E-state index contributed by atoms with van der Waals surface area (Å²) < 4.78 is 0. The van der Waals surface area contributed by atoms with Gasteiger partial charge >= 0.3 is 0 Å². The van der Waals surface area contributed by atoms with E-state index < -0.39 is 0 Å². The molecule has 1 aromatic rings. The van der Waals surface area contributed by atoms with Crippen LogP contribution in [0.4, 0.5) is 0 Å². The fraction of sp³-hybridized carbons (Fsp3) is 0.667. The topological polar surface area (TPSA) is 15.3 Å². The first-order valence-corrected chi connectivity index (χ1v) is 8.30. The molecule has 0 aromatic heterocycles. The van der Waals surface area contributed by atoms with Crippen LogP contribution in [0.5, 0.6) is 0 Å². The van der Waals surface area contributed by atoms with Crippen LogP contribution < -0.4 is 5.32 Å². The zero-order chi connectivity index (χ0) is 13.9. The van der Waals surface area contributed by atoms with Gasteiger partial charge in [-0.25, -0.2) is 0 Å². The molecule has 2 aliphatic rings. The second-order valence-corrected chi connectivity index (χ2v) is 6.62. The molecule has 2 bridgehead atoms. The lowest BCUT2D eigenvalue weighted by atomic mass is 9.82. The predicted molar refractivity (Wildman–Crippen MR) is 84.8 cm³/mol. The van der Waals surface area contributed by atoms with Crippen molar-refractivity contribution in [2.24, 2.45) is 5.92 Å². The molecule has 110 valence electrons. The van der Waals surface area contributed by atoms with Crippen LogP contribution >= 0.6 is 0 Å². The summed E-state index contributed by atoms with van der Waals surface area (Å²) >= 11 is 0. The minimum absolute atomic E-state index is 0.549. The summed E-state index contributed by atoms with van der Waals surface area (Å²) in [7, 11) is 2.33. The van der Waals surface area contributed by atoms with Crippen molar-refractivity contribution in [3.8, 4) is 0 Å². The van der Waals surface area contributed by atoms with E-state index in [9.17, 15) is 0 Å². The molecule has 3 atom stereocenters. The van der Waals surface area contributed by atoms with Gasteiger partial charge in [0.2, 0.25) is 0 Å². The molecule has 2 aliphatic heterocycles. The molecular weight excluding hydrogens is 244 g/mol. The summed E-state index contributed by atoms with van der Waals surface area (Å²) in [6, 6.07) is 13.3. The first-order chi connectivity index (χ1) is 9.79. The van der Waals surface area contributed by atoms with Crippen LogP contribution in [0.25, 0.3) is 0 Å². The van der Waals surface area contributed by atoms with Crippen molar-refractivity contribution in [3.63, 3.8) is 0 Å². The largest absolute Gasteiger partial charge is 0.310 e. The Hall–Kier alpha value is -0.860. The number of hydrogen-bond donors (Lipinski definition) is 1. The molecule has 3 rings (SSSR count). The normalized spacial score (nSPS) is 31.4. The molecule has 1 aromatic carbocycles. The molecule has 0 amide bonds. The van der Waals surface area contributed by atoms with Gasteiger partial charge in [0.15, 0.2) is 0 Å². The van der Waals surface area contributed by atoms with Crippen LogP contribution in [0.1, 0.15) is 50.6 Å².